The minimum Gasteiger partial charge on any atom is -0.331 e. The fraction of sp³-hybridized carbons (Fsp3) is 0.381. The molecule has 3 nitrogen and oxygen atoms in total. The Bertz CT molecular complexity index is 768. The van der Waals surface area contributed by atoms with Gasteiger partial charge in [0, 0.05) is 12.5 Å². The van der Waals surface area contributed by atoms with Gasteiger partial charge < -0.3 is 10.6 Å². The van der Waals surface area contributed by atoms with Gasteiger partial charge in [-0.2, -0.15) is 0 Å². The Morgan fingerprint density at radius 3 is 2.56 bits per heavy atom. The molecule has 25 heavy (non-hydrogen) atoms. The van der Waals surface area contributed by atoms with E-state index in [0.29, 0.717) is 19.0 Å². The van der Waals surface area contributed by atoms with Crippen molar-refractivity contribution < 1.29 is 9.18 Å². The van der Waals surface area contributed by atoms with Gasteiger partial charge in [0.1, 0.15) is 5.82 Å². The summed E-state index contributed by atoms with van der Waals surface area (Å²) in [5, 5.41) is 0. The lowest BCUT2D eigenvalue weighted by molar-refractivity contribution is -0.142. The molecule has 2 aliphatic rings. The molecule has 0 saturated heterocycles. The van der Waals surface area contributed by atoms with Crippen LogP contribution in [0.1, 0.15) is 35.6 Å². The third kappa shape index (κ3) is 2.95. The smallest absolute Gasteiger partial charge is 0.226 e. The Labute approximate surface area is 147 Å². The molecule has 2 N–H and O–H groups in total. The number of halogens is 1. The van der Waals surface area contributed by atoms with Gasteiger partial charge in [0.15, 0.2) is 0 Å². The number of rotatable bonds is 3. The van der Waals surface area contributed by atoms with E-state index < -0.39 is 0 Å². The first-order chi connectivity index (χ1) is 12.2. The summed E-state index contributed by atoms with van der Waals surface area (Å²) in [6.07, 6.45) is 2.65. The van der Waals surface area contributed by atoms with Gasteiger partial charge in [0.05, 0.1) is 6.04 Å². The summed E-state index contributed by atoms with van der Waals surface area (Å²) in [5.74, 6) is 0.529. The van der Waals surface area contributed by atoms with E-state index in [2.05, 4.69) is 12.1 Å². The van der Waals surface area contributed by atoms with Crippen molar-refractivity contribution in [1.82, 2.24) is 4.90 Å². The molecule has 1 saturated carbocycles. The molecule has 1 atom stereocenters. The van der Waals surface area contributed by atoms with Crippen molar-refractivity contribution in [2.75, 3.05) is 13.1 Å². The maximum absolute atomic E-state index is 13.4. The lowest BCUT2D eigenvalue weighted by atomic mass is 9.73. The van der Waals surface area contributed by atoms with Crippen LogP contribution in [0.3, 0.4) is 0 Å². The largest absolute Gasteiger partial charge is 0.331 e. The summed E-state index contributed by atoms with van der Waals surface area (Å²) < 4.78 is 13.4. The van der Waals surface area contributed by atoms with E-state index in [-0.39, 0.29) is 23.7 Å². The highest BCUT2D eigenvalue weighted by atomic mass is 19.1. The Balaban J connectivity index is 1.68. The zero-order valence-corrected chi connectivity index (χ0v) is 14.2. The Morgan fingerprint density at radius 2 is 1.84 bits per heavy atom. The van der Waals surface area contributed by atoms with Gasteiger partial charge in [0.25, 0.3) is 0 Å². The molecular weight excluding hydrogens is 315 g/mol. The lowest BCUT2D eigenvalue weighted by Gasteiger charge is -2.43. The zero-order chi connectivity index (χ0) is 17.4. The second-order valence-electron chi connectivity index (χ2n) is 7.20. The molecule has 1 heterocycles. The summed E-state index contributed by atoms with van der Waals surface area (Å²) >= 11 is 0. The van der Waals surface area contributed by atoms with Crippen LogP contribution in [0, 0.1) is 17.7 Å². The van der Waals surface area contributed by atoms with Crippen LogP contribution < -0.4 is 5.73 Å². The first-order valence-corrected chi connectivity index (χ1v) is 9.01. The monoisotopic (exact) mass is 338 g/mol. The predicted molar refractivity (Wildman–Crippen MR) is 95.4 cm³/mol. The van der Waals surface area contributed by atoms with Crippen molar-refractivity contribution in [2.24, 2.45) is 17.6 Å². The molecule has 2 aromatic rings. The first-order valence-electron chi connectivity index (χ1n) is 9.01. The number of fused-ring (bicyclic) bond motifs is 1. The Morgan fingerprint density at radius 1 is 1.12 bits per heavy atom. The van der Waals surface area contributed by atoms with Crippen molar-refractivity contribution in [3.8, 4) is 0 Å². The van der Waals surface area contributed by atoms with Crippen molar-refractivity contribution in [3.63, 3.8) is 0 Å². The molecule has 0 radical (unpaired) electrons. The van der Waals surface area contributed by atoms with Crippen LogP contribution in [-0.4, -0.2) is 23.9 Å². The zero-order valence-electron chi connectivity index (χ0n) is 14.2. The minimum absolute atomic E-state index is 0.0850. The quantitative estimate of drug-likeness (QED) is 0.933. The maximum Gasteiger partial charge on any atom is 0.226 e. The number of nitrogens with zero attached hydrogens (tertiary/aromatic N) is 1. The third-order valence-corrected chi connectivity index (χ3v) is 5.67. The van der Waals surface area contributed by atoms with Crippen LogP contribution in [0.4, 0.5) is 4.39 Å². The normalized spacial score (nSPS) is 25.2. The molecule has 4 heteroatoms. The number of amides is 1. The highest BCUT2D eigenvalue weighted by molar-refractivity contribution is 5.81. The van der Waals surface area contributed by atoms with E-state index in [0.717, 1.165) is 30.4 Å². The summed E-state index contributed by atoms with van der Waals surface area (Å²) in [6, 6.07) is 14.7. The van der Waals surface area contributed by atoms with Crippen LogP contribution in [0.5, 0.6) is 0 Å². The molecule has 1 fully saturated rings. The van der Waals surface area contributed by atoms with Gasteiger partial charge in [-0.15, -0.1) is 0 Å². The second kappa shape index (κ2) is 6.60. The van der Waals surface area contributed by atoms with Gasteiger partial charge >= 0.3 is 0 Å². The highest BCUT2D eigenvalue weighted by Crippen LogP contribution is 2.40. The number of benzene rings is 2. The van der Waals surface area contributed by atoms with Crippen LogP contribution >= 0.6 is 0 Å². The fourth-order valence-electron chi connectivity index (χ4n) is 4.17. The minimum atomic E-state index is -0.254. The van der Waals surface area contributed by atoms with Gasteiger partial charge in [-0.05, 0) is 60.5 Å². The number of hydrogen-bond donors (Lipinski definition) is 1. The highest BCUT2D eigenvalue weighted by Gasteiger charge is 2.40. The SMILES string of the molecule is NC[C@H]1C[C@H](C(=O)N2CCc3ccccc3[C@@H]2c2ccc(F)cc2)C1. The fourth-order valence-corrected chi connectivity index (χ4v) is 4.17. The molecule has 1 amide bonds. The molecule has 4 rings (SSSR count). The molecule has 0 bridgehead atoms. The van der Waals surface area contributed by atoms with Crippen molar-refractivity contribution >= 4 is 5.91 Å². The molecule has 1 aliphatic heterocycles. The van der Waals surface area contributed by atoms with Crippen LogP contribution in [0.25, 0.3) is 0 Å². The number of carbonyl (C=O) groups is 1. The number of hydrogen-bond acceptors (Lipinski definition) is 2. The lowest BCUT2D eigenvalue weighted by Crippen LogP contribution is -2.47. The van der Waals surface area contributed by atoms with Gasteiger partial charge in [0.2, 0.25) is 5.91 Å². The first kappa shape index (κ1) is 16.3. The van der Waals surface area contributed by atoms with E-state index in [1.165, 1.54) is 17.7 Å². The van der Waals surface area contributed by atoms with E-state index in [1.807, 2.05) is 17.0 Å². The molecule has 130 valence electrons. The van der Waals surface area contributed by atoms with Crippen molar-refractivity contribution in [3.05, 3.63) is 71.0 Å². The summed E-state index contributed by atoms with van der Waals surface area (Å²) in [6.45, 7) is 1.37. The molecule has 2 aromatic carbocycles. The molecule has 0 spiro atoms. The van der Waals surface area contributed by atoms with E-state index >= 15 is 0 Å². The summed E-state index contributed by atoms with van der Waals surface area (Å²) in [7, 11) is 0. The average Bonchev–Trinajstić information content (AvgIpc) is 2.60. The topological polar surface area (TPSA) is 46.3 Å². The molecular formula is C21H23FN2O. The number of carbonyl (C=O) groups excluding carboxylic acids is 1. The van der Waals surface area contributed by atoms with Crippen LogP contribution in [0.15, 0.2) is 48.5 Å². The predicted octanol–water partition coefficient (Wildman–Crippen LogP) is 3.28. The maximum atomic E-state index is 13.4. The molecule has 1 aliphatic carbocycles. The van der Waals surface area contributed by atoms with Crippen molar-refractivity contribution in [2.45, 2.75) is 25.3 Å². The molecule has 0 aromatic heterocycles. The Hall–Kier alpha value is -2.20. The summed E-state index contributed by atoms with van der Waals surface area (Å²) in [4.78, 5) is 15.1. The summed E-state index contributed by atoms with van der Waals surface area (Å²) in [5.41, 5.74) is 9.11. The van der Waals surface area contributed by atoms with Gasteiger partial charge in [-0.3, -0.25) is 4.79 Å². The third-order valence-electron chi connectivity index (χ3n) is 5.67. The van der Waals surface area contributed by atoms with Crippen LogP contribution in [-0.2, 0) is 11.2 Å². The van der Waals surface area contributed by atoms with Gasteiger partial charge in [-0.1, -0.05) is 36.4 Å². The van der Waals surface area contributed by atoms with Gasteiger partial charge in [-0.25, -0.2) is 4.39 Å². The number of nitrogens with two attached hydrogens (primary N) is 1. The van der Waals surface area contributed by atoms with E-state index in [1.54, 1.807) is 12.1 Å². The molecule has 0 unspecified atom stereocenters. The van der Waals surface area contributed by atoms with E-state index in [9.17, 15) is 9.18 Å². The Kier molecular flexibility index (Phi) is 4.30. The second-order valence-corrected chi connectivity index (χ2v) is 7.20. The van der Waals surface area contributed by atoms with Crippen molar-refractivity contribution in [1.29, 1.82) is 0 Å². The average molecular weight is 338 g/mol. The van der Waals surface area contributed by atoms with Crippen LogP contribution in [0.2, 0.25) is 0 Å². The van der Waals surface area contributed by atoms with E-state index in [4.69, 9.17) is 5.73 Å². The standard InChI is InChI=1S/C21H23FN2O/c22-18-7-5-16(6-8-18)20-19-4-2-1-3-15(19)9-10-24(20)21(25)17-11-14(12-17)13-23/h1-8,14,17,20H,9-13,23H2/t14-,17-,20-/m0/s1.